The number of hydrogen-bond acceptors (Lipinski definition) is 3. The number of rotatable bonds is 4. The van der Waals surface area contributed by atoms with E-state index in [9.17, 15) is 9.90 Å². The average Bonchev–Trinajstić information content (AvgIpc) is 3.01. The molecule has 23 heavy (non-hydrogen) atoms. The van der Waals surface area contributed by atoms with E-state index in [-0.39, 0.29) is 12.1 Å². The van der Waals surface area contributed by atoms with Gasteiger partial charge in [0.15, 0.2) is 0 Å². The van der Waals surface area contributed by atoms with Crippen LogP contribution in [0.2, 0.25) is 0 Å². The molecule has 5 heteroatoms. The molecule has 2 aliphatic carbocycles. The number of piperidine rings is 1. The van der Waals surface area contributed by atoms with Crippen molar-refractivity contribution in [2.24, 2.45) is 0 Å². The first kappa shape index (κ1) is 17.0. The number of carbonyl (C=O) groups is 1. The lowest BCUT2D eigenvalue weighted by atomic mass is 9.92. The highest BCUT2D eigenvalue weighted by molar-refractivity contribution is 5.74. The Morgan fingerprint density at radius 3 is 2.52 bits per heavy atom. The minimum Gasteiger partial charge on any atom is -0.388 e. The number of nitrogens with one attached hydrogen (secondary N) is 2. The van der Waals surface area contributed by atoms with Crippen LogP contribution in [0, 0.1) is 0 Å². The summed E-state index contributed by atoms with van der Waals surface area (Å²) in [5.74, 6) is 0. The van der Waals surface area contributed by atoms with Gasteiger partial charge >= 0.3 is 6.03 Å². The van der Waals surface area contributed by atoms with Crippen LogP contribution in [0.15, 0.2) is 0 Å². The van der Waals surface area contributed by atoms with Crippen molar-refractivity contribution in [2.75, 3.05) is 19.6 Å². The molecule has 1 atom stereocenters. The fraction of sp³-hybridized carbons (Fsp3) is 0.944. The van der Waals surface area contributed by atoms with Crippen LogP contribution in [0.5, 0.6) is 0 Å². The number of nitrogens with zero attached hydrogens (tertiary/aromatic N) is 1. The summed E-state index contributed by atoms with van der Waals surface area (Å²) in [6, 6.07) is 0.875. The van der Waals surface area contributed by atoms with Crippen molar-refractivity contribution in [1.29, 1.82) is 0 Å². The van der Waals surface area contributed by atoms with E-state index in [4.69, 9.17) is 0 Å². The number of hydrogen-bond donors (Lipinski definition) is 3. The van der Waals surface area contributed by atoms with Crippen LogP contribution >= 0.6 is 0 Å². The summed E-state index contributed by atoms with van der Waals surface area (Å²) in [5.41, 5.74) is -0.669. The fourth-order valence-electron chi connectivity index (χ4n) is 4.59. The second kappa shape index (κ2) is 7.84. The molecule has 0 aromatic carbocycles. The molecule has 0 aromatic rings. The molecule has 1 aliphatic heterocycles. The van der Waals surface area contributed by atoms with Crippen molar-refractivity contribution in [3.63, 3.8) is 0 Å². The van der Waals surface area contributed by atoms with Crippen LogP contribution < -0.4 is 10.6 Å². The Labute approximate surface area is 140 Å². The van der Waals surface area contributed by atoms with E-state index in [0.29, 0.717) is 6.54 Å². The van der Waals surface area contributed by atoms with Crippen molar-refractivity contribution in [1.82, 2.24) is 15.5 Å². The Balaban J connectivity index is 1.40. The third kappa shape index (κ3) is 4.83. The molecule has 1 saturated heterocycles. The first-order valence-corrected chi connectivity index (χ1v) is 9.65. The lowest BCUT2D eigenvalue weighted by Gasteiger charge is -2.40. The van der Waals surface area contributed by atoms with E-state index in [0.717, 1.165) is 44.7 Å². The normalized spacial score (nSPS) is 29.3. The molecule has 5 nitrogen and oxygen atoms in total. The first-order chi connectivity index (χ1) is 11.1. The summed E-state index contributed by atoms with van der Waals surface area (Å²) in [6.45, 7) is 2.56. The zero-order valence-electron chi connectivity index (χ0n) is 14.4. The summed E-state index contributed by atoms with van der Waals surface area (Å²) in [4.78, 5) is 14.7. The van der Waals surface area contributed by atoms with Crippen LogP contribution in [0.4, 0.5) is 4.79 Å². The van der Waals surface area contributed by atoms with Crippen molar-refractivity contribution in [3.05, 3.63) is 0 Å². The summed E-state index contributed by atoms with van der Waals surface area (Å²) >= 11 is 0. The predicted molar refractivity (Wildman–Crippen MR) is 91.4 cm³/mol. The van der Waals surface area contributed by atoms with Crippen LogP contribution in [0.3, 0.4) is 0 Å². The molecule has 3 fully saturated rings. The van der Waals surface area contributed by atoms with Crippen LogP contribution in [0.25, 0.3) is 0 Å². The van der Waals surface area contributed by atoms with Crippen molar-refractivity contribution < 1.29 is 9.90 Å². The fourth-order valence-corrected chi connectivity index (χ4v) is 4.59. The van der Waals surface area contributed by atoms with Gasteiger partial charge in [0.2, 0.25) is 0 Å². The van der Waals surface area contributed by atoms with Gasteiger partial charge in [-0.15, -0.1) is 0 Å². The first-order valence-electron chi connectivity index (χ1n) is 9.65. The zero-order chi connectivity index (χ0) is 16.1. The lowest BCUT2D eigenvalue weighted by Crippen LogP contribution is -2.54. The minimum absolute atomic E-state index is 0.110. The quantitative estimate of drug-likeness (QED) is 0.744. The highest BCUT2D eigenvalue weighted by atomic mass is 16.3. The van der Waals surface area contributed by atoms with Crippen LogP contribution in [-0.4, -0.2) is 53.4 Å². The zero-order valence-corrected chi connectivity index (χ0v) is 14.4. The average molecular weight is 323 g/mol. The van der Waals surface area contributed by atoms with E-state index in [1.54, 1.807) is 0 Å². The van der Waals surface area contributed by atoms with Gasteiger partial charge < -0.3 is 15.7 Å². The molecule has 0 spiro atoms. The van der Waals surface area contributed by atoms with E-state index in [1.807, 2.05) is 0 Å². The minimum atomic E-state index is -0.669. The second-order valence-electron chi connectivity index (χ2n) is 7.88. The number of aliphatic hydroxyl groups is 1. The Bertz CT molecular complexity index is 390. The maximum Gasteiger partial charge on any atom is 0.315 e. The molecule has 3 N–H and O–H groups in total. The van der Waals surface area contributed by atoms with Gasteiger partial charge in [-0.25, -0.2) is 4.79 Å². The van der Waals surface area contributed by atoms with Gasteiger partial charge in [-0.1, -0.05) is 32.1 Å². The van der Waals surface area contributed by atoms with Gasteiger partial charge in [0.1, 0.15) is 0 Å². The molecule has 2 amide bonds. The molecular weight excluding hydrogens is 290 g/mol. The van der Waals surface area contributed by atoms with Gasteiger partial charge in [0.05, 0.1) is 5.60 Å². The van der Waals surface area contributed by atoms with Crippen molar-refractivity contribution >= 4 is 6.03 Å². The SMILES string of the molecule is O=C(NCC1(O)CCCC1)NC1CCCN(C2CCCCC2)C1. The number of urea groups is 1. The maximum atomic E-state index is 12.1. The third-order valence-electron chi connectivity index (χ3n) is 5.99. The molecule has 3 rings (SSSR count). The topological polar surface area (TPSA) is 64.6 Å². The van der Waals surface area contributed by atoms with Gasteiger partial charge in [0, 0.05) is 25.2 Å². The van der Waals surface area contributed by atoms with Crippen LogP contribution in [0.1, 0.15) is 70.6 Å². The molecule has 0 radical (unpaired) electrons. The number of likely N-dealkylation sites (tertiary alicyclic amines) is 1. The Kier molecular flexibility index (Phi) is 5.81. The monoisotopic (exact) mass is 323 g/mol. The lowest BCUT2D eigenvalue weighted by molar-refractivity contribution is 0.0496. The van der Waals surface area contributed by atoms with Gasteiger partial charge in [0.25, 0.3) is 0 Å². The highest BCUT2D eigenvalue weighted by Crippen LogP contribution is 2.28. The molecular formula is C18H33N3O2. The summed E-state index contributed by atoms with van der Waals surface area (Å²) in [7, 11) is 0. The number of carbonyl (C=O) groups excluding carboxylic acids is 1. The van der Waals surface area contributed by atoms with E-state index in [2.05, 4.69) is 15.5 Å². The Hall–Kier alpha value is -0.810. The van der Waals surface area contributed by atoms with E-state index in [1.165, 1.54) is 45.1 Å². The van der Waals surface area contributed by atoms with E-state index < -0.39 is 5.60 Å². The highest BCUT2D eigenvalue weighted by Gasteiger charge is 2.32. The molecule has 3 aliphatic rings. The number of amides is 2. The summed E-state index contributed by atoms with van der Waals surface area (Å²) < 4.78 is 0. The van der Waals surface area contributed by atoms with Crippen molar-refractivity contribution in [3.8, 4) is 0 Å². The summed E-state index contributed by atoms with van der Waals surface area (Å²) in [6.07, 6.45) is 12.8. The molecule has 0 bridgehead atoms. The molecule has 1 unspecified atom stereocenters. The third-order valence-corrected chi connectivity index (χ3v) is 5.99. The van der Waals surface area contributed by atoms with Gasteiger partial charge in [-0.2, -0.15) is 0 Å². The Morgan fingerprint density at radius 1 is 1.04 bits per heavy atom. The van der Waals surface area contributed by atoms with Gasteiger partial charge in [-0.05, 0) is 45.1 Å². The molecule has 1 heterocycles. The largest absolute Gasteiger partial charge is 0.388 e. The molecule has 132 valence electrons. The van der Waals surface area contributed by atoms with Crippen LogP contribution in [-0.2, 0) is 0 Å². The second-order valence-corrected chi connectivity index (χ2v) is 7.88. The standard InChI is InChI=1S/C18H33N3O2/c22-17(19-14-18(23)10-4-5-11-18)20-15-7-6-12-21(13-15)16-8-2-1-3-9-16/h15-16,23H,1-14H2,(H2,19,20,22). The summed E-state index contributed by atoms with van der Waals surface area (Å²) in [5, 5.41) is 16.3. The molecule has 0 aromatic heterocycles. The Morgan fingerprint density at radius 2 is 1.78 bits per heavy atom. The molecule has 2 saturated carbocycles. The maximum absolute atomic E-state index is 12.1. The van der Waals surface area contributed by atoms with Crippen molar-refractivity contribution in [2.45, 2.75) is 88.3 Å². The smallest absolute Gasteiger partial charge is 0.315 e. The van der Waals surface area contributed by atoms with E-state index >= 15 is 0 Å². The predicted octanol–water partition coefficient (Wildman–Crippen LogP) is 2.39. The van der Waals surface area contributed by atoms with Gasteiger partial charge in [-0.3, -0.25) is 4.90 Å².